The van der Waals surface area contributed by atoms with Crippen molar-refractivity contribution in [2.75, 3.05) is 12.4 Å². The predicted octanol–water partition coefficient (Wildman–Crippen LogP) is 3.52. The molecule has 0 spiro atoms. The van der Waals surface area contributed by atoms with E-state index in [-0.39, 0.29) is 5.82 Å². The minimum Gasteiger partial charge on any atom is -0.497 e. The normalized spacial score (nSPS) is 10.5. The monoisotopic (exact) mass is 269 g/mol. The van der Waals surface area contributed by atoms with E-state index in [1.807, 2.05) is 24.3 Å². The number of hydrogen-bond donors (Lipinski definition) is 1. The summed E-state index contributed by atoms with van der Waals surface area (Å²) in [4.78, 5) is 8.13. The summed E-state index contributed by atoms with van der Waals surface area (Å²) in [6, 6.07) is 12.2. The van der Waals surface area contributed by atoms with E-state index < -0.39 is 0 Å². The van der Waals surface area contributed by atoms with Gasteiger partial charge >= 0.3 is 0 Å². The Bertz CT molecular complexity index is 744. The Morgan fingerprint density at radius 2 is 1.85 bits per heavy atom. The van der Waals surface area contributed by atoms with Crippen LogP contribution in [-0.2, 0) is 0 Å². The van der Waals surface area contributed by atoms with Gasteiger partial charge in [-0.2, -0.15) is 0 Å². The van der Waals surface area contributed by atoms with Gasteiger partial charge in [0.15, 0.2) is 0 Å². The minimum absolute atomic E-state index is 0.304. The molecule has 2 aromatic carbocycles. The second-order valence-electron chi connectivity index (χ2n) is 4.21. The first-order valence-electron chi connectivity index (χ1n) is 6.08. The van der Waals surface area contributed by atoms with Crippen molar-refractivity contribution in [2.45, 2.75) is 0 Å². The third-order valence-electron chi connectivity index (χ3n) is 2.97. The molecule has 1 aromatic heterocycles. The molecule has 5 heteroatoms. The minimum atomic E-state index is -0.359. The largest absolute Gasteiger partial charge is 0.497 e. The maximum atomic E-state index is 13.7. The second-order valence-corrected chi connectivity index (χ2v) is 4.21. The molecular weight excluding hydrogens is 257 g/mol. The van der Waals surface area contributed by atoms with Crippen molar-refractivity contribution in [3.63, 3.8) is 0 Å². The molecule has 3 aromatic rings. The first-order chi connectivity index (χ1) is 9.78. The van der Waals surface area contributed by atoms with Crippen LogP contribution < -0.4 is 10.1 Å². The SMILES string of the molecule is COc1ccc(Nc2ncnc3c(F)cccc23)cc1. The van der Waals surface area contributed by atoms with Gasteiger partial charge < -0.3 is 10.1 Å². The summed E-state index contributed by atoms with van der Waals surface area (Å²) in [5, 5.41) is 3.79. The van der Waals surface area contributed by atoms with E-state index in [2.05, 4.69) is 15.3 Å². The van der Waals surface area contributed by atoms with Crippen molar-refractivity contribution in [3.8, 4) is 5.75 Å². The number of nitrogens with one attached hydrogen (secondary N) is 1. The van der Waals surface area contributed by atoms with Gasteiger partial charge in [-0.05, 0) is 36.4 Å². The molecule has 0 amide bonds. The van der Waals surface area contributed by atoms with Crippen LogP contribution in [0.2, 0.25) is 0 Å². The Labute approximate surface area is 115 Å². The highest BCUT2D eigenvalue weighted by atomic mass is 19.1. The van der Waals surface area contributed by atoms with Gasteiger partial charge in [-0.15, -0.1) is 0 Å². The Morgan fingerprint density at radius 1 is 1.05 bits per heavy atom. The number of anilines is 2. The number of halogens is 1. The summed E-state index contributed by atoms with van der Waals surface area (Å²) in [5.74, 6) is 0.983. The van der Waals surface area contributed by atoms with Crippen molar-refractivity contribution < 1.29 is 9.13 Å². The van der Waals surface area contributed by atoms with Crippen molar-refractivity contribution in [2.24, 2.45) is 0 Å². The number of para-hydroxylation sites is 1. The summed E-state index contributed by atoms with van der Waals surface area (Å²) in [5.41, 5.74) is 1.15. The highest BCUT2D eigenvalue weighted by molar-refractivity contribution is 5.90. The lowest BCUT2D eigenvalue weighted by Gasteiger charge is -2.09. The quantitative estimate of drug-likeness (QED) is 0.790. The zero-order valence-electron chi connectivity index (χ0n) is 10.8. The summed E-state index contributed by atoms with van der Waals surface area (Å²) >= 11 is 0. The number of fused-ring (bicyclic) bond motifs is 1. The van der Waals surface area contributed by atoms with Crippen LogP contribution in [0.3, 0.4) is 0 Å². The Balaban J connectivity index is 1.99. The van der Waals surface area contributed by atoms with Crippen molar-refractivity contribution >= 4 is 22.4 Å². The van der Waals surface area contributed by atoms with Crippen molar-refractivity contribution in [1.82, 2.24) is 9.97 Å². The molecule has 0 unspecified atom stereocenters. The second kappa shape index (κ2) is 5.13. The summed E-state index contributed by atoms with van der Waals surface area (Å²) in [6.07, 6.45) is 1.34. The summed E-state index contributed by atoms with van der Waals surface area (Å²) < 4.78 is 18.8. The summed E-state index contributed by atoms with van der Waals surface area (Å²) in [6.45, 7) is 0. The highest BCUT2D eigenvalue weighted by Gasteiger charge is 2.07. The van der Waals surface area contributed by atoms with E-state index in [1.165, 1.54) is 12.4 Å². The van der Waals surface area contributed by atoms with Crippen LogP contribution in [0.1, 0.15) is 0 Å². The molecule has 0 bridgehead atoms. The average Bonchev–Trinajstić information content (AvgIpc) is 2.49. The lowest BCUT2D eigenvalue weighted by molar-refractivity contribution is 0.415. The zero-order chi connectivity index (χ0) is 13.9. The Morgan fingerprint density at radius 3 is 2.60 bits per heavy atom. The van der Waals surface area contributed by atoms with Gasteiger partial charge in [-0.1, -0.05) is 6.07 Å². The Hall–Kier alpha value is -2.69. The molecule has 0 aliphatic heterocycles. The Kier molecular flexibility index (Phi) is 3.16. The fraction of sp³-hybridized carbons (Fsp3) is 0.0667. The molecular formula is C15H12FN3O. The van der Waals surface area contributed by atoms with Crippen LogP contribution in [-0.4, -0.2) is 17.1 Å². The predicted molar refractivity (Wildman–Crippen MR) is 75.8 cm³/mol. The number of hydrogen-bond acceptors (Lipinski definition) is 4. The fourth-order valence-electron chi connectivity index (χ4n) is 1.96. The molecule has 100 valence electrons. The van der Waals surface area contributed by atoms with Crippen LogP contribution in [0.15, 0.2) is 48.8 Å². The number of rotatable bonds is 3. The molecule has 0 fully saturated rings. The number of benzene rings is 2. The molecule has 1 heterocycles. The van der Waals surface area contributed by atoms with Gasteiger partial charge in [0, 0.05) is 11.1 Å². The van der Waals surface area contributed by atoms with E-state index in [9.17, 15) is 4.39 Å². The first-order valence-corrected chi connectivity index (χ1v) is 6.08. The standard InChI is InChI=1S/C15H12FN3O/c1-20-11-7-5-10(6-8-11)19-15-12-3-2-4-13(16)14(12)17-9-18-15/h2-9H,1H3,(H,17,18,19). The van der Waals surface area contributed by atoms with E-state index in [0.29, 0.717) is 16.7 Å². The highest BCUT2D eigenvalue weighted by Crippen LogP contribution is 2.25. The number of nitrogens with zero attached hydrogens (tertiary/aromatic N) is 2. The third kappa shape index (κ3) is 2.25. The molecule has 0 atom stereocenters. The van der Waals surface area contributed by atoms with E-state index in [4.69, 9.17) is 4.74 Å². The first kappa shape index (κ1) is 12.3. The number of methoxy groups -OCH3 is 1. The molecule has 4 nitrogen and oxygen atoms in total. The van der Waals surface area contributed by atoms with Crippen LogP contribution in [0.4, 0.5) is 15.9 Å². The lowest BCUT2D eigenvalue weighted by atomic mass is 10.2. The smallest absolute Gasteiger partial charge is 0.149 e. The lowest BCUT2D eigenvalue weighted by Crippen LogP contribution is -1.97. The fourth-order valence-corrected chi connectivity index (χ4v) is 1.96. The molecule has 1 N–H and O–H groups in total. The summed E-state index contributed by atoms with van der Waals surface area (Å²) in [7, 11) is 1.61. The molecule has 20 heavy (non-hydrogen) atoms. The third-order valence-corrected chi connectivity index (χ3v) is 2.97. The maximum Gasteiger partial charge on any atom is 0.149 e. The zero-order valence-corrected chi connectivity index (χ0v) is 10.8. The van der Waals surface area contributed by atoms with Gasteiger partial charge in [-0.3, -0.25) is 0 Å². The van der Waals surface area contributed by atoms with Gasteiger partial charge in [-0.25, -0.2) is 14.4 Å². The van der Waals surface area contributed by atoms with Crippen LogP contribution in [0, 0.1) is 5.82 Å². The van der Waals surface area contributed by atoms with Gasteiger partial charge in [0.05, 0.1) is 7.11 Å². The van der Waals surface area contributed by atoms with Crippen LogP contribution >= 0.6 is 0 Å². The van der Waals surface area contributed by atoms with Gasteiger partial charge in [0.25, 0.3) is 0 Å². The molecule has 0 radical (unpaired) electrons. The van der Waals surface area contributed by atoms with Crippen LogP contribution in [0.5, 0.6) is 5.75 Å². The van der Waals surface area contributed by atoms with E-state index in [0.717, 1.165) is 11.4 Å². The van der Waals surface area contributed by atoms with Gasteiger partial charge in [0.1, 0.15) is 29.2 Å². The van der Waals surface area contributed by atoms with E-state index in [1.54, 1.807) is 19.2 Å². The van der Waals surface area contributed by atoms with Crippen molar-refractivity contribution in [1.29, 1.82) is 0 Å². The number of aromatic nitrogens is 2. The van der Waals surface area contributed by atoms with Gasteiger partial charge in [0.2, 0.25) is 0 Å². The number of ether oxygens (including phenoxy) is 1. The van der Waals surface area contributed by atoms with Crippen molar-refractivity contribution in [3.05, 3.63) is 54.6 Å². The maximum absolute atomic E-state index is 13.7. The van der Waals surface area contributed by atoms with E-state index >= 15 is 0 Å². The van der Waals surface area contributed by atoms with Crippen LogP contribution in [0.25, 0.3) is 10.9 Å². The molecule has 3 rings (SSSR count). The topological polar surface area (TPSA) is 47.0 Å². The molecule has 0 aliphatic carbocycles. The molecule has 0 saturated carbocycles. The average molecular weight is 269 g/mol. The molecule has 0 aliphatic rings. The molecule has 0 saturated heterocycles.